The molecule has 0 unspecified atom stereocenters. The van der Waals surface area contributed by atoms with Crippen LogP contribution in [0.2, 0.25) is 0 Å². The Balaban J connectivity index is 0.00000264. The van der Waals surface area contributed by atoms with Gasteiger partial charge in [0.15, 0.2) is 5.96 Å². The molecule has 0 aromatic carbocycles. The first kappa shape index (κ1) is 20.7. The SMILES string of the molecule is CN=C(NCc1ccc(C)s1)NCC1(N(C)C)CCOCC1.I. The van der Waals surface area contributed by atoms with Gasteiger partial charge in [-0.15, -0.1) is 35.3 Å². The average molecular weight is 452 g/mol. The minimum Gasteiger partial charge on any atom is -0.381 e. The van der Waals surface area contributed by atoms with Gasteiger partial charge < -0.3 is 20.3 Å². The number of guanidine groups is 1. The van der Waals surface area contributed by atoms with Crippen molar-refractivity contribution in [3.8, 4) is 0 Å². The zero-order valence-corrected chi connectivity index (χ0v) is 17.7. The summed E-state index contributed by atoms with van der Waals surface area (Å²) in [5.41, 5.74) is 0.148. The summed E-state index contributed by atoms with van der Waals surface area (Å²) in [7, 11) is 6.12. The van der Waals surface area contributed by atoms with Gasteiger partial charge in [-0.2, -0.15) is 0 Å². The smallest absolute Gasteiger partial charge is 0.191 e. The summed E-state index contributed by atoms with van der Waals surface area (Å²) in [5, 5.41) is 6.88. The van der Waals surface area contributed by atoms with Gasteiger partial charge in [0.1, 0.15) is 0 Å². The van der Waals surface area contributed by atoms with E-state index in [0.717, 1.165) is 45.1 Å². The Labute approximate surface area is 160 Å². The summed E-state index contributed by atoms with van der Waals surface area (Å²) >= 11 is 1.82. The Morgan fingerprint density at radius 3 is 2.52 bits per heavy atom. The highest BCUT2D eigenvalue weighted by Crippen LogP contribution is 2.25. The number of halogens is 1. The number of rotatable bonds is 5. The first-order valence-corrected chi connectivity index (χ1v) is 8.62. The lowest BCUT2D eigenvalue weighted by Crippen LogP contribution is -2.57. The van der Waals surface area contributed by atoms with Gasteiger partial charge >= 0.3 is 0 Å². The van der Waals surface area contributed by atoms with Crippen molar-refractivity contribution in [3.63, 3.8) is 0 Å². The molecule has 0 bridgehead atoms. The molecule has 0 amide bonds. The highest BCUT2D eigenvalue weighted by molar-refractivity contribution is 14.0. The van der Waals surface area contributed by atoms with Crippen LogP contribution in [0.1, 0.15) is 22.6 Å². The maximum absolute atomic E-state index is 5.52. The van der Waals surface area contributed by atoms with Crippen LogP contribution in [0.4, 0.5) is 0 Å². The Hall–Kier alpha value is -0.380. The Morgan fingerprint density at radius 2 is 2.00 bits per heavy atom. The van der Waals surface area contributed by atoms with E-state index in [4.69, 9.17) is 4.74 Å². The summed E-state index contributed by atoms with van der Waals surface area (Å²) in [5.74, 6) is 0.860. The third kappa shape index (κ3) is 5.88. The van der Waals surface area contributed by atoms with Gasteiger partial charge in [-0.1, -0.05) is 0 Å². The van der Waals surface area contributed by atoms with Crippen LogP contribution < -0.4 is 10.6 Å². The molecular formula is C16H29IN4OS. The normalized spacial score (nSPS) is 17.7. The third-order valence-corrected chi connectivity index (χ3v) is 5.41. The Kier molecular flexibility index (Phi) is 8.81. The van der Waals surface area contributed by atoms with E-state index in [9.17, 15) is 0 Å². The van der Waals surface area contributed by atoms with Gasteiger partial charge in [-0.25, -0.2) is 0 Å². The highest BCUT2D eigenvalue weighted by atomic mass is 127. The largest absolute Gasteiger partial charge is 0.381 e. The van der Waals surface area contributed by atoms with E-state index in [0.29, 0.717) is 0 Å². The van der Waals surface area contributed by atoms with Gasteiger partial charge in [0.2, 0.25) is 0 Å². The molecule has 0 aliphatic carbocycles. The molecule has 1 aliphatic heterocycles. The fourth-order valence-corrected chi connectivity index (χ4v) is 3.58. The minimum absolute atomic E-state index is 0. The van der Waals surface area contributed by atoms with Crippen LogP contribution in [0.3, 0.4) is 0 Å². The van der Waals surface area contributed by atoms with E-state index in [1.807, 2.05) is 18.4 Å². The van der Waals surface area contributed by atoms with Crippen molar-refractivity contribution in [2.45, 2.75) is 31.8 Å². The number of aliphatic imine (C=N–C) groups is 1. The molecule has 2 rings (SSSR count). The first-order valence-electron chi connectivity index (χ1n) is 7.81. The van der Waals surface area contributed by atoms with Gasteiger partial charge in [-0.05, 0) is 46.0 Å². The molecular weight excluding hydrogens is 423 g/mol. The van der Waals surface area contributed by atoms with Crippen LogP contribution in [0.25, 0.3) is 0 Å². The van der Waals surface area contributed by atoms with E-state index < -0.39 is 0 Å². The Bertz CT molecular complexity index is 498. The number of thiophene rings is 1. The molecule has 1 aromatic rings. The van der Waals surface area contributed by atoms with Crippen LogP contribution in [0, 0.1) is 6.92 Å². The lowest BCUT2D eigenvalue weighted by molar-refractivity contribution is -0.00501. The quantitative estimate of drug-likeness (QED) is 0.410. The van der Waals surface area contributed by atoms with E-state index in [2.05, 4.69) is 53.7 Å². The molecule has 1 aromatic heterocycles. The number of nitrogens with zero attached hydrogens (tertiary/aromatic N) is 2. The molecule has 1 saturated heterocycles. The summed E-state index contributed by atoms with van der Waals surface area (Å²) in [4.78, 5) is 9.32. The lowest BCUT2D eigenvalue weighted by Gasteiger charge is -2.43. The van der Waals surface area contributed by atoms with E-state index in [-0.39, 0.29) is 29.5 Å². The molecule has 0 atom stereocenters. The van der Waals surface area contributed by atoms with Crippen LogP contribution in [-0.2, 0) is 11.3 Å². The van der Waals surface area contributed by atoms with Gasteiger partial charge in [0.05, 0.1) is 6.54 Å². The molecule has 0 spiro atoms. The van der Waals surface area contributed by atoms with Gasteiger partial charge in [-0.3, -0.25) is 4.99 Å². The van der Waals surface area contributed by atoms with Crippen molar-refractivity contribution in [1.29, 1.82) is 0 Å². The van der Waals surface area contributed by atoms with Crippen molar-refractivity contribution < 1.29 is 4.74 Å². The maximum atomic E-state index is 5.52. The number of hydrogen-bond acceptors (Lipinski definition) is 4. The molecule has 5 nitrogen and oxygen atoms in total. The molecule has 2 heterocycles. The van der Waals surface area contributed by atoms with Crippen molar-refractivity contribution >= 4 is 41.3 Å². The van der Waals surface area contributed by atoms with Crippen LogP contribution in [0.15, 0.2) is 17.1 Å². The molecule has 0 radical (unpaired) electrons. The summed E-state index contributed by atoms with van der Waals surface area (Å²) in [6.45, 7) is 5.50. The number of ether oxygens (including phenoxy) is 1. The van der Waals surface area contributed by atoms with Crippen LogP contribution >= 0.6 is 35.3 Å². The third-order valence-electron chi connectivity index (χ3n) is 4.41. The predicted molar refractivity (Wildman–Crippen MR) is 109 cm³/mol. The van der Waals surface area contributed by atoms with E-state index in [1.165, 1.54) is 9.75 Å². The van der Waals surface area contributed by atoms with Crippen molar-refractivity contribution in [2.75, 3.05) is 40.9 Å². The monoisotopic (exact) mass is 452 g/mol. The maximum Gasteiger partial charge on any atom is 0.191 e. The van der Waals surface area contributed by atoms with E-state index in [1.54, 1.807) is 0 Å². The zero-order chi connectivity index (χ0) is 16.0. The second-order valence-corrected chi connectivity index (χ2v) is 7.40. The van der Waals surface area contributed by atoms with Crippen molar-refractivity contribution in [3.05, 3.63) is 21.9 Å². The standard InChI is InChI=1S/C16H28N4OS.HI/c1-13-5-6-14(22-13)11-18-15(17-2)19-12-16(20(3)4)7-9-21-10-8-16;/h5-6H,7-12H2,1-4H3,(H2,17,18,19);1H. The molecule has 2 N–H and O–H groups in total. The fraction of sp³-hybridized carbons (Fsp3) is 0.688. The molecule has 1 aliphatic rings. The first-order chi connectivity index (χ1) is 10.6. The highest BCUT2D eigenvalue weighted by Gasteiger charge is 2.34. The second kappa shape index (κ2) is 9.80. The molecule has 23 heavy (non-hydrogen) atoms. The predicted octanol–water partition coefficient (Wildman–Crippen LogP) is 2.45. The fourth-order valence-electron chi connectivity index (χ4n) is 2.75. The minimum atomic E-state index is 0. The number of hydrogen-bond donors (Lipinski definition) is 2. The lowest BCUT2D eigenvalue weighted by atomic mass is 9.88. The Morgan fingerprint density at radius 1 is 1.30 bits per heavy atom. The molecule has 132 valence electrons. The molecule has 1 fully saturated rings. The van der Waals surface area contributed by atoms with Crippen molar-refractivity contribution in [2.24, 2.45) is 4.99 Å². The molecule has 0 saturated carbocycles. The van der Waals surface area contributed by atoms with Crippen LogP contribution in [-0.4, -0.2) is 57.3 Å². The number of likely N-dealkylation sites (N-methyl/N-ethyl adjacent to an activating group) is 1. The number of nitrogens with one attached hydrogen (secondary N) is 2. The molecule has 7 heteroatoms. The second-order valence-electron chi connectivity index (χ2n) is 6.02. The topological polar surface area (TPSA) is 48.9 Å². The zero-order valence-electron chi connectivity index (χ0n) is 14.5. The number of aryl methyl sites for hydroxylation is 1. The van der Waals surface area contributed by atoms with Gasteiger partial charge in [0.25, 0.3) is 0 Å². The van der Waals surface area contributed by atoms with Crippen LogP contribution in [0.5, 0.6) is 0 Å². The summed E-state index contributed by atoms with van der Waals surface area (Å²) in [6.07, 6.45) is 2.10. The average Bonchev–Trinajstić information content (AvgIpc) is 2.94. The van der Waals surface area contributed by atoms with Gasteiger partial charge in [0, 0.05) is 42.1 Å². The van der Waals surface area contributed by atoms with E-state index >= 15 is 0 Å². The summed E-state index contributed by atoms with van der Waals surface area (Å²) in [6, 6.07) is 4.32. The van der Waals surface area contributed by atoms with Crippen molar-refractivity contribution in [1.82, 2.24) is 15.5 Å². The summed E-state index contributed by atoms with van der Waals surface area (Å²) < 4.78 is 5.52.